The number of carbonyl (C=O) groups is 2. The lowest BCUT2D eigenvalue weighted by molar-refractivity contribution is 0.0728. The quantitative estimate of drug-likeness (QED) is 0.590. The van der Waals surface area contributed by atoms with Crippen molar-refractivity contribution in [2.45, 2.75) is 13.5 Å². The standard InChI is InChI=1S/C19H15NO4/c1-12-6-7-13-4-2-3-5-16(13)18(12)19(23)24-17-8-14(10-21)15(11-22)9-20-17/h2-10,22H,11H2,1H3. The number of pyridine rings is 1. The maximum Gasteiger partial charge on any atom is 0.345 e. The van der Waals surface area contributed by atoms with Crippen LogP contribution in [0.25, 0.3) is 10.8 Å². The number of carbonyl (C=O) groups excluding carboxylic acids is 2. The van der Waals surface area contributed by atoms with Crippen molar-refractivity contribution < 1.29 is 19.4 Å². The predicted octanol–water partition coefficient (Wildman–Crippen LogP) is 3.07. The van der Waals surface area contributed by atoms with Gasteiger partial charge in [0.25, 0.3) is 0 Å². The Kier molecular flexibility index (Phi) is 4.35. The molecule has 1 heterocycles. The van der Waals surface area contributed by atoms with Crippen LogP contribution in [0.1, 0.15) is 31.8 Å². The number of fused-ring (bicyclic) bond motifs is 1. The molecule has 0 spiro atoms. The first-order valence-corrected chi connectivity index (χ1v) is 7.39. The van der Waals surface area contributed by atoms with E-state index in [-0.39, 0.29) is 18.1 Å². The van der Waals surface area contributed by atoms with Crippen LogP contribution in [0.5, 0.6) is 5.88 Å². The lowest BCUT2D eigenvalue weighted by Crippen LogP contribution is -2.12. The first kappa shape index (κ1) is 15.8. The topological polar surface area (TPSA) is 76.5 Å². The van der Waals surface area contributed by atoms with E-state index >= 15 is 0 Å². The summed E-state index contributed by atoms with van der Waals surface area (Å²) >= 11 is 0. The number of aliphatic hydroxyl groups excluding tert-OH is 1. The first-order chi connectivity index (χ1) is 11.6. The van der Waals surface area contributed by atoms with Crippen LogP contribution < -0.4 is 4.74 Å². The van der Waals surface area contributed by atoms with Gasteiger partial charge in [0.05, 0.1) is 12.2 Å². The number of nitrogens with zero attached hydrogens (tertiary/aromatic N) is 1. The molecule has 3 aromatic rings. The number of aldehydes is 1. The number of ether oxygens (including phenoxy) is 1. The number of esters is 1. The Hall–Kier alpha value is -3.05. The maximum atomic E-state index is 12.6. The Morgan fingerprint density at radius 2 is 2.04 bits per heavy atom. The fourth-order valence-electron chi connectivity index (χ4n) is 2.57. The second-order valence-electron chi connectivity index (χ2n) is 5.37. The van der Waals surface area contributed by atoms with Crippen molar-refractivity contribution in [2.24, 2.45) is 0 Å². The molecule has 0 saturated carbocycles. The van der Waals surface area contributed by atoms with Gasteiger partial charge in [-0.1, -0.05) is 36.4 Å². The van der Waals surface area contributed by atoms with Crippen molar-refractivity contribution in [3.05, 3.63) is 70.9 Å². The highest BCUT2D eigenvalue weighted by molar-refractivity contribution is 6.06. The highest BCUT2D eigenvalue weighted by Gasteiger charge is 2.16. The highest BCUT2D eigenvalue weighted by Crippen LogP contribution is 2.24. The Morgan fingerprint density at radius 3 is 2.79 bits per heavy atom. The molecule has 0 unspecified atom stereocenters. The molecule has 2 aromatic carbocycles. The van der Waals surface area contributed by atoms with Crippen molar-refractivity contribution in [3.63, 3.8) is 0 Å². The number of hydrogen-bond acceptors (Lipinski definition) is 5. The van der Waals surface area contributed by atoms with Gasteiger partial charge in [0, 0.05) is 23.4 Å². The Labute approximate surface area is 138 Å². The van der Waals surface area contributed by atoms with E-state index in [1.54, 1.807) is 0 Å². The van der Waals surface area contributed by atoms with E-state index in [4.69, 9.17) is 9.84 Å². The third kappa shape index (κ3) is 2.89. The summed E-state index contributed by atoms with van der Waals surface area (Å²) in [5, 5.41) is 10.9. The summed E-state index contributed by atoms with van der Waals surface area (Å²) in [6.45, 7) is 1.53. The van der Waals surface area contributed by atoms with Crippen molar-refractivity contribution in [2.75, 3.05) is 0 Å². The van der Waals surface area contributed by atoms with Gasteiger partial charge in [-0.05, 0) is 23.3 Å². The lowest BCUT2D eigenvalue weighted by atomic mass is 10.00. The number of aryl methyl sites for hydroxylation is 1. The summed E-state index contributed by atoms with van der Waals surface area (Å²) < 4.78 is 5.34. The van der Waals surface area contributed by atoms with Gasteiger partial charge in [-0.25, -0.2) is 9.78 Å². The van der Waals surface area contributed by atoms with Gasteiger partial charge in [0.15, 0.2) is 6.29 Å². The second-order valence-corrected chi connectivity index (χ2v) is 5.37. The molecule has 0 aliphatic rings. The smallest absolute Gasteiger partial charge is 0.345 e. The Bertz CT molecular complexity index is 934. The maximum absolute atomic E-state index is 12.6. The molecule has 5 heteroatoms. The fraction of sp³-hybridized carbons (Fsp3) is 0.105. The van der Waals surface area contributed by atoms with Crippen LogP contribution >= 0.6 is 0 Å². The zero-order valence-corrected chi connectivity index (χ0v) is 13.0. The first-order valence-electron chi connectivity index (χ1n) is 7.39. The number of rotatable bonds is 4. The van der Waals surface area contributed by atoms with Gasteiger partial charge < -0.3 is 9.84 Å². The van der Waals surface area contributed by atoms with E-state index in [2.05, 4.69) is 4.98 Å². The Morgan fingerprint density at radius 1 is 1.25 bits per heavy atom. The molecule has 0 saturated heterocycles. The average molecular weight is 321 g/mol. The molecule has 0 fully saturated rings. The molecule has 1 N–H and O–H groups in total. The van der Waals surface area contributed by atoms with E-state index in [1.807, 2.05) is 43.3 Å². The minimum absolute atomic E-state index is 0.0200. The molecule has 0 amide bonds. The van der Waals surface area contributed by atoms with E-state index in [9.17, 15) is 9.59 Å². The number of benzene rings is 2. The van der Waals surface area contributed by atoms with Gasteiger partial charge in [0.1, 0.15) is 0 Å². The largest absolute Gasteiger partial charge is 0.404 e. The molecule has 0 aliphatic heterocycles. The number of aromatic nitrogens is 1. The molecular formula is C19H15NO4. The summed E-state index contributed by atoms with van der Waals surface area (Å²) in [6, 6.07) is 12.7. The van der Waals surface area contributed by atoms with Crippen molar-refractivity contribution >= 4 is 23.0 Å². The molecule has 1 aromatic heterocycles. The molecule has 0 radical (unpaired) electrons. The van der Waals surface area contributed by atoms with E-state index in [1.165, 1.54) is 12.3 Å². The molecule has 24 heavy (non-hydrogen) atoms. The average Bonchev–Trinajstić information content (AvgIpc) is 2.61. The molecule has 0 atom stereocenters. The fourth-order valence-corrected chi connectivity index (χ4v) is 2.57. The molecular weight excluding hydrogens is 306 g/mol. The van der Waals surface area contributed by atoms with Gasteiger partial charge >= 0.3 is 5.97 Å². The summed E-state index contributed by atoms with van der Waals surface area (Å²) in [5.41, 5.74) is 1.88. The third-order valence-corrected chi connectivity index (χ3v) is 3.83. The molecule has 120 valence electrons. The van der Waals surface area contributed by atoms with Crippen LogP contribution in [0.15, 0.2) is 48.7 Å². The second kappa shape index (κ2) is 6.60. The van der Waals surface area contributed by atoms with Crippen molar-refractivity contribution in [1.82, 2.24) is 4.98 Å². The van der Waals surface area contributed by atoms with Crippen LogP contribution in [-0.2, 0) is 6.61 Å². The zero-order chi connectivity index (χ0) is 17.1. The third-order valence-electron chi connectivity index (χ3n) is 3.83. The van der Waals surface area contributed by atoms with Gasteiger partial charge in [-0.15, -0.1) is 0 Å². The summed E-state index contributed by atoms with van der Waals surface area (Å²) in [7, 11) is 0. The van der Waals surface area contributed by atoms with Crippen LogP contribution in [0, 0.1) is 6.92 Å². The Balaban J connectivity index is 1.99. The summed E-state index contributed by atoms with van der Waals surface area (Å²) in [5.74, 6) is -0.517. The van der Waals surface area contributed by atoms with Crippen molar-refractivity contribution in [3.8, 4) is 5.88 Å². The number of hydrogen-bond donors (Lipinski definition) is 1. The lowest BCUT2D eigenvalue weighted by Gasteiger charge is -2.10. The van der Waals surface area contributed by atoms with Crippen LogP contribution in [-0.4, -0.2) is 22.3 Å². The van der Waals surface area contributed by atoms with E-state index in [0.717, 1.165) is 16.3 Å². The van der Waals surface area contributed by atoms with Crippen molar-refractivity contribution in [1.29, 1.82) is 0 Å². The minimum Gasteiger partial charge on any atom is -0.404 e. The molecule has 0 aliphatic carbocycles. The van der Waals surface area contributed by atoms with Gasteiger partial charge in [-0.3, -0.25) is 4.79 Å². The molecule has 0 bridgehead atoms. The summed E-state index contributed by atoms with van der Waals surface area (Å²) in [6.07, 6.45) is 1.91. The van der Waals surface area contributed by atoms with E-state index in [0.29, 0.717) is 17.4 Å². The minimum atomic E-state index is -0.537. The highest BCUT2D eigenvalue weighted by atomic mass is 16.5. The molecule has 5 nitrogen and oxygen atoms in total. The van der Waals surface area contributed by atoms with Gasteiger partial charge in [-0.2, -0.15) is 0 Å². The zero-order valence-electron chi connectivity index (χ0n) is 13.0. The summed E-state index contributed by atoms with van der Waals surface area (Å²) in [4.78, 5) is 27.6. The van der Waals surface area contributed by atoms with Gasteiger partial charge in [0.2, 0.25) is 5.88 Å². The van der Waals surface area contributed by atoms with Crippen LogP contribution in [0.2, 0.25) is 0 Å². The number of aliphatic hydroxyl groups is 1. The SMILES string of the molecule is Cc1ccc2ccccc2c1C(=O)Oc1cc(C=O)c(CO)cn1. The predicted molar refractivity (Wildman–Crippen MR) is 89.2 cm³/mol. The monoisotopic (exact) mass is 321 g/mol. The normalized spacial score (nSPS) is 10.6. The molecule has 3 rings (SSSR count). The van der Waals surface area contributed by atoms with Crippen LogP contribution in [0.4, 0.5) is 0 Å². The van der Waals surface area contributed by atoms with Crippen LogP contribution in [0.3, 0.4) is 0 Å². The van der Waals surface area contributed by atoms with E-state index < -0.39 is 5.97 Å².